The van der Waals surface area contributed by atoms with E-state index in [0.717, 1.165) is 59.8 Å². The molecule has 5 rings (SSSR count). The van der Waals surface area contributed by atoms with Crippen molar-refractivity contribution in [3.8, 4) is 5.75 Å². The van der Waals surface area contributed by atoms with Gasteiger partial charge in [-0.05, 0) is 47.7 Å². The quantitative estimate of drug-likeness (QED) is 0.243. The summed E-state index contributed by atoms with van der Waals surface area (Å²) in [5.74, 6) is 1.02. The predicted molar refractivity (Wildman–Crippen MR) is 168 cm³/mol. The number of hydrogen-bond acceptors (Lipinski definition) is 5. The van der Waals surface area contributed by atoms with E-state index in [1.54, 1.807) is 13.2 Å². The average Bonchev–Trinajstić information content (AvgIpc) is 3.00. The molecule has 4 aromatic rings. The lowest BCUT2D eigenvalue weighted by Gasteiger charge is -2.38. The van der Waals surface area contributed by atoms with Gasteiger partial charge in [-0.15, -0.1) is 0 Å². The molecule has 0 saturated carbocycles. The Morgan fingerprint density at radius 2 is 1.49 bits per heavy atom. The molecule has 8 nitrogen and oxygen atoms in total. The number of nitrogens with one attached hydrogen (secondary N) is 3. The molecule has 0 atom stereocenters. The van der Waals surface area contributed by atoms with Crippen molar-refractivity contribution in [1.29, 1.82) is 0 Å². The fourth-order valence-electron chi connectivity index (χ4n) is 5.16. The van der Waals surface area contributed by atoms with Crippen LogP contribution in [0.1, 0.15) is 24.2 Å². The molecular weight excluding hydrogens is 514 g/mol. The van der Waals surface area contributed by atoms with Crippen molar-refractivity contribution in [3.05, 3.63) is 90.5 Å². The van der Waals surface area contributed by atoms with Crippen molar-refractivity contribution < 1.29 is 14.3 Å². The Hall–Kier alpha value is -4.72. The molecule has 0 unspecified atom stereocenters. The van der Waals surface area contributed by atoms with Gasteiger partial charge in [0, 0.05) is 49.5 Å². The minimum atomic E-state index is -0.368. The highest BCUT2D eigenvalue weighted by molar-refractivity contribution is 6.07. The van der Waals surface area contributed by atoms with Crippen LogP contribution in [0.15, 0.2) is 84.9 Å². The van der Waals surface area contributed by atoms with Crippen LogP contribution in [-0.4, -0.2) is 51.8 Å². The molecule has 1 fully saturated rings. The van der Waals surface area contributed by atoms with E-state index < -0.39 is 0 Å². The number of para-hydroxylation sites is 2. The number of nitrogens with zero attached hydrogens (tertiary/aromatic N) is 2. The fraction of sp³-hybridized carbons (Fsp3) is 0.273. The molecule has 0 aliphatic carbocycles. The Morgan fingerprint density at radius 3 is 2.24 bits per heavy atom. The monoisotopic (exact) mass is 551 g/mol. The van der Waals surface area contributed by atoms with E-state index in [-0.39, 0.29) is 11.9 Å². The summed E-state index contributed by atoms with van der Waals surface area (Å²) in [6.45, 7) is 7.77. The second kappa shape index (κ2) is 12.6. The molecule has 3 amide bonds. The molecule has 8 heteroatoms. The van der Waals surface area contributed by atoms with Crippen molar-refractivity contribution in [1.82, 2.24) is 5.32 Å². The van der Waals surface area contributed by atoms with Crippen molar-refractivity contribution in [2.75, 3.05) is 60.3 Å². The number of fused-ring (bicyclic) bond motifs is 1. The van der Waals surface area contributed by atoms with Crippen molar-refractivity contribution in [3.63, 3.8) is 0 Å². The Labute approximate surface area is 241 Å². The van der Waals surface area contributed by atoms with Crippen LogP contribution in [-0.2, 0) is 0 Å². The third kappa shape index (κ3) is 6.54. The van der Waals surface area contributed by atoms with Crippen LogP contribution in [0.3, 0.4) is 0 Å². The van der Waals surface area contributed by atoms with E-state index in [2.05, 4.69) is 45.7 Å². The summed E-state index contributed by atoms with van der Waals surface area (Å²) in [4.78, 5) is 30.9. The lowest BCUT2D eigenvalue weighted by atomic mass is 10.1. The molecule has 4 aromatic carbocycles. The highest BCUT2D eigenvalue weighted by atomic mass is 16.5. The fourth-order valence-corrected chi connectivity index (χ4v) is 5.16. The van der Waals surface area contributed by atoms with Gasteiger partial charge in [0.15, 0.2) is 0 Å². The summed E-state index contributed by atoms with van der Waals surface area (Å²) < 4.78 is 5.56. The first-order valence-electron chi connectivity index (χ1n) is 14.0. The number of piperazine rings is 1. The lowest BCUT2D eigenvalue weighted by Crippen LogP contribution is -2.47. The first kappa shape index (κ1) is 27.8. The maximum Gasteiger partial charge on any atom is 0.323 e. The van der Waals surface area contributed by atoms with Gasteiger partial charge < -0.3 is 30.5 Å². The van der Waals surface area contributed by atoms with E-state index in [4.69, 9.17) is 4.74 Å². The van der Waals surface area contributed by atoms with Gasteiger partial charge in [0.25, 0.3) is 5.91 Å². The van der Waals surface area contributed by atoms with Gasteiger partial charge in [-0.3, -0.25) is 4.79 Å². The second-order valence-corrected chi connectivity index (χ2v) is 10.6. The smallest absolute Gasteiger partial charge is 0.323 e. The van der Waals surface area contributed by atoms with Crippen molar-refractivity contribution in [2.45, 2.75) is 13.8 Å². The van der Waals surface area contributed by atoms with Crippen LogP contribution in [0.25, 0.3) is 10.8 Å². The highest BCUT2D eigenvalue weighted by Gasteiger charge is 2.24. The summed E-state index contributed by atoms with van der Waals surface area (Å²) in [7, 11) is 1.69. The summed E-state index contributed by atoms with van der Waals surface area (Å²) in [6, 6.07) is 26.9. The number of anilines is 4. The molecule has 0 bridgehead atoms. The largest absolute Gasteiger partial charge is 0.495 e. The first-order valence-corrected chi connectivity index (χ1v) is 14.0. The molecule has 3 N–H and O–H groups in total. The third-order valence-electron chi connectivity index (χ3n) is 7.25. The van der Waals surface area contributed by atoms with Gasteiger partial charge >= 0.3 is 6.03 Å². The maximum atomic E-state index is 13.4. The molecular formula is C33H37N5O3. The molecule has 1 aliphatic heterocycles. The van der Waals surface area contributed by atoms with E-state index >= 15 is 0 Å². The minimum Gasteiger partial charge on any atom is -0.495 e. The average molecular weight is 552 g/mol. The van der Waals surface area contributed by atoms with Gasteiger partial charge in [0.05, 0.1) is 24.0 Å². The number of carbonyl (C=O) groups is 2. The van der Waals surface area contributed by atoms with Crippen LogP contribution in [0, 0.1) is 5.92 Å². The topological polar surface area (TPSA) is 85.9 Å². The first-order chi connectivity index (χ1) is 19.9. The van der Waals surface area contributed by atoms with Crippen LogP contribution in [0.2, 0.25) is 0 Å². The summed E-state index contributed by atoms with van der Waals surface area (Å²) >= 11 is 0. The van der Waals surface area contributed by atoms with E-state index in [0.29, 0.717) is 23.7 Å². The number of carbonyl (C=O) groups excluding carboxylic acids is 2. The minimum absolute atomic E-state index is 0.154. The Morgan fingerprint density at radius 1 is 0.805 bits per heavy atom. The zero-order valence-corrected chi connectivity index (χ0v) is 23.8. The Bertz CT molecular complexity index is 1520. The molecule has 0 aromatic heterocycles. The maximum absolute atomic E-state index is 13.4. The highest BCUT2D eigenvalue weighted by Crippen LogP contribution is 2.31. The standard InChI is InChI=1S/C33H37N5O3/c1-23(2)22-34-32(39)27-21-25(35-33(40)36-28-12-8-10-24-9-4-5-11-26(24)28)15-16-29(27)37-17-19-38(20-18-37)30-13-6-7-14-31(30)41-3/h4-16,21,23H,17-20,22H2,1-3H3,(H,34,39)(H2,35,36,40). The number of benzene rings is 4. The van der Waals surface area contributed by atoms with Gasteiger partial charge in [0.1, 0.15) is 5.75 Å². The Balaban J connectivity index is 1.33. The van der Waals surface area contributed by atoms with Gasteiger partial charge in [-0.2, -0.15) is 0 Å². The van der Waals surface area contributed by atoms with E-state index in [1.807, 2.05) is 72.8 Å². The molecule has 41 heavy (non-hydrogen) atoms. The van der Waals surface area contributed by atoms with Crippen molar-refractivity contribution in [2.24, 2.45) is 5.92 Å². The van der Waals surface area contributed by atoms with E-state index in [9.17, 15) is 9.59 Å². The van der Waals surface area contributed by atoms with E-state index in [1.165, 1.54) is 0 Å². The van der Waals surface area contributed by atoms with Gasteiger partial charge in [-0.25, -0.2) is 4.79 Å². The predicted octanol–water partition coefficient (Wildman–Crippen LogP) is 6.20. The van der Waals surface area contributed by atoms with Crippen LogP contribution < -0.4 is 30.5 Å². The van der Waals surface area contributed by atoms with Crippen molar-refractivity contribution >= 4 is 45.5 Å². The normalized spacial score (nSPS) is 13.3. The van der Waals surface area contributed by atoms with Gasteiger partial charge in [0.2, 0.25) is 0 Å². The molecule has 0 spiro atoms. The molecule has 0 radical (unpaired) electrons. The zero-order valence-electron chi connectivity index (χ0n) is 23.8. The SMILES string of the molecule is COc1ccccc1N1CCN(c2ccc(NC(=O)Nc3cccc4ccccc34)cc2C(=O)NCC(C)C)CC1. The van der Waals surface area contributed by atoms with Crippen LogP contribution in [0.4, 0.5) is 27.5 Å². The number of methoxy groups -OCH3 is 1. The summed E-state index contributed by atoms with van der Waals surface area (Å²) in [6.07, 6.45) is 0. The molecule has 212 valence electrons. The van der Waals surface area contributed by atoms with Crippen LogP contribution in [0.5, 0.6) is 5.75 Å². The third-order valence-corrected chi connectivity index (χ3v) is 7.25. The lowest BCUT2D eigenvalue weighted by molar-refractivity contribution is 0.0949. The number of urea groups is 1. The van der Waals surface area contributed by atoms with Gasteiger partial charge in [-0.1, -0.05) is 62.4 Å². The van der Waals surface area contributed by atoms with Crippen LogP contribution >= 0.6 is 0 Å². The second-order valence-electron chi connectivity index (χ2n) is 10.6. The number of hydrogen-bond donors (Lipinski definition) is 3. The molecule has 1 heterocycles. The number of rotatable bonds is 8. The number of ether oxygens (including phenoxy) is 1. The summed E-state index contributed by atoms with van der Waals surface area (Å²) in [5, 5.41) is 10.9. The molecule has 1 saturated heterocycles. The summed E-state index contributed by atoms with van der Waals surface area (Å²) in [5.41, 5.74) is 3.74. The Kier molecular flexibility index (Phi) is 8.58. The zero-order chi connectivity index (χ0) is 28.8. The number of amides is 3. The molecule has 1 aliphatic rings.